The highest BCUT2D eigenvalue weighted by Gasteiger charge is 2.19. The third-order valence-electron chi connectivity index (χ3n) is 3.69. The molecular formula is C18H22ClN3O2S. The Balaban J connectivity index is 2.26. The van der Waals surface area contributed by atoms with Gasteiger partial charge in [0.25, 0.3) is 5.91 Å². The lowest BCUT2D eigenvalue weighted by atomic mass is 10.1. The lowest BCUT2D eigenvalue weighted by Crippen LogP contribution is -2.26. The predicted molar refractivity (Wildman–Crippen MR) is 102 cm³/mol. The minimum Gasteiger partial charge on any atom is -0.496 e. The molecule has 2 rings (SSSR count). The number of aromatic nitrogens is 2. The lowest BCUT2D eigenvalue weighted by Gasteiger charge is -2.14. The Bertz CT molecular complexity index is 781. The average molecular weight is 380 g/mol. The van der Waals surface area contributed by atoms with Gasteiger partial charge in [0, 0.05) is 23.0 Å². The Morgan fingerprint density at radius 3 is 2.68 bits per heavy atom. The summed E-state index contributed by atoms with van der Waals surface area (Å²) in [7, 11) is 1.59. The molecule has 0 atom stereocenters. The van der Waals surface area contributed by atoms with Gasteiger partial charge in [0.15, 0.2) is 0 Å². The van der Waals surface area contributed by atoms with Crippen molar-refractivity contribution in [2.24, 2.45) is 0 Å². The lowest BCUT2D eigenvalue weighted by molar-refractivity contribution is 0.0945. The smallest absolute Gasteiger partial charge is 0.256 e. The number of benzene rings is 1. The predicted octanol–water partition coefficient (Wildman–Crippen LogP) is 4.22. The topological polar surface area (TPSA) is 64.1 Å². The van der Waals surface area contributed by atoms with Crippen molar-refractivity contribution in [3.63, 3.8) is 0 Å². The van der Waals surface area contributed by atoms with Gasteiger partial charge in [-0.3, -0.25) is 4.79 Å². The monoisotopic (exact) mass is 379 g/mol. The summed E-state index contributed by atoms with van der Waals surface area (Å²) in [6, 6.07) is 5.31. The van der Waals surface area contributed by atoms with E-state index in [9.17, 15) is 4.79 Å². The van der Waals surface area contributed by atoms with Crippen LogP contribution in [-0.2, 0) is 6.54 Å². The van der Waals surface area contributed by atoms with Crippen LogP contribution >= 0.6 is 23.4 Å². The van der Waals surface area contributed by atoms with Crippen LogP contribution in [0.3, 0.4) is 0 Å². The zero-order chi connectivity index (χ0) is 18.6. The van der Waals surface area contributed by atoms with Crippen LogP contribution in [0, 0.1) is 6.92 Å². The van der Waals surface area contributed by atoms with Crippen molar-refractivity contribution in [3.8, 4) is 5.75 Å². The summed E-state index contributed by atoms with van der Waals surface area (Å²) in [6.45, 7) is 6.21. The maximum Gasteiger partial charge on any atom is 0.256 e. The molecule has 7 heteroatoms. The van der Waals surface area contributed by atoms with E-state index in [0.29, 0.717) is 33.6 Å². The van der Waals surface area contributed by atoms with E-state index in [-0.39, 0.29) is 11.8 Å². The van der Waals surface area contributed by atoms with Gasteiger partial charge in [-0.2, -0.15) is 0 Å². The molecule has 1 N–H and O–H groups in total. The number of methoxy groups -OCH3 is 1. The summed E-state index contributed by atoms with van der Waals surface area (Å²) in [5, 5.41) is 4.19. The Hall–Kier alpha value is -1.79. The standard InChI is InChI=1S/C18H22ClN3O2S/c1-10(2)16-21-11(3)15(18(22-16)25-5)17(23)20-9-12-8-13(19)6-7-14(12)24-4/h6-8,10H,9H2,1-5H3,(H,20,23). The van der Waals surface area contributed by atoms with Gasteiger partial charge in [0.1, 0.15) is 16.6 Å². The minimum atomic E-state index is -0.209. The number of nitrogens with one attached hydrogen (secondary N) is 1. The largest absolute Gasteiger partial charge is 0.496 e. The highest BCUT2D eigenvalue weighted by molar-refractivity contribution is 7.98. The molecular weight excluding hydrogens is 358 g/mol. The molecule has 2 aromatic rings. The third-order valence-corrected chi connectivity index (χ3v) is 4.61. The number of rotatable bonds is 6. The molecule has 0 fully saturated rings. The first-order valence-electron chi connectivity index (χ1n) is 7.90. The zero-order valence-corrected chi connectivity index (χ0v) is 16.6. The quantitative estimate of drug-likeness (QED) is 0.601. The molecule has 5 nitrogen and oxygen atoms in total. The van der Waals surface area contributed by atoms with Gasteiger partial charge < -0.3 is 10.1 Å². The van der Waals surface area contributed by atoms with Crippen LogP contribution in [-0.4, -0.2) is 29.2 Å². The van der Waals surface area contributed by atoms with Gasteiger partial charge in [0.2, 0.25) is 0 Å². The Kier molecular flexibility index (Phi) is 6.67. The number of hydrogen-bond donors (Lipinski definition) is 1. The first-order chi connectivity index (χ1) is 11.9. The second-order valence-electron chi connectivity index (χ2n) is 5.85. The number of carbonyl (C=O) groups excluding carboxylic acids is 1. The molecule has 25 heavy (non-hydrogen) atoms. The van der Waals surface area contributed by atoms with E-state index in [4.69, 9.17) is 16.3 Å². The van der Waals surface area contributed by atoms with Crippen molar-refractivity contribution < 1.29 is 9.53 Å². The highest BCUT2D eigenvalue weighted by atomic mass is 35.5. The molecule has 0 spiro atoms. The van der Waals surface area contributed by atoms with Crippen LogP contribution in [0.15, 0.2) is 23.2 Å². The molecule has 1 heterocycles. The summed E-state index contributed by atoms with van der Waals surface area (Å²) in [4.78, 5) is 21.7. The zero-order valence-electron chi connectivity index (χ0n) is 15.0. The molecule has 134 valence electrons. The number of hydrogen-bond acceptors (Lipinski definition) is 5. The van der Waals surface area contributed by atoms with Crippen molar-refractivity contribution in [2.75, 3.05) is 13.4 Å². The van der Waals surface area contributed by atoms with Crippen molar-refractivity contribution >= 4 is 29.3 Å². The van der Waals surface area contributed by atoms with Gasteiger partial charge in [-0.25, -0.2) is 9.97 Å². The molecule has 0 saturated heterocycles. The first-order valence-corrected chi connectivity index (χ1v) is 9.50. The summed E-state index contributed by atoms with van der Waals surface area (Å²) in [5.41, 5.74) is 2.00. The van der Waals surface area contributed by atoms with Gasteiger partial charge >= 0.3 is 0 Å². The Morgan fingerprint density at radius 1 is 1.36 bits per heavy atom. The fourth-order valence-electron chi connectivity index (χ4n) is 2.38. The molecule has 0 bridgehead atoms. The van der Waals surface area contributed by atoms with Crippen LogP contribution in [0.2, 0.25) is 5.02 Å². The minimum absolute atomic E-state index is 0.206. The summed E-state index contributed by atoms with van der Waals surface area (Å²) >= 11 is 7.48. The molecule has 0 unspecified atom stereocenters. The molecule has 0 aliphatic heterocycles. The summed E-state index contributed by atoms with van der Waals surface area (Å²) in [6.07, 6.45) is 1.91. The molecule has 0 aliphatic carbocycles. The number of carbonyl (C=O) groups is 1. The second-order valence-corrected chi connectivity index (χ2v) is 7.08. The summed E-state index contributed by atoms with van der Waals surface area (Å²) < 4.78 is 5.31. The Morgan fingerprint density at radius 2 is 2.08 bits per heavy atom. The molecule has 1 aromatic heterocycles. The fraction of sp³-hybridized carbons (Fsp3) is 0.389. The van der Waals surface area contributed by atoms with Gasteiger partial charge in [-0.1, -0.05) is 25.4 Å². The second kappa shape index (κ2) is 8.54. The third kappa shape index (κ3) is 4.64. The average Bonchev–Trinajstić information content (AvgIpc) is 2.58. The van der Waals surface area contributed by atoms with E-state index < -0.39 is 0 Å². The number of halogens is 1. The van der Waals surface area contributed by atoms with E-state index in [1.807, 2.05) is 27.0 Å². The molecule has 1 aromatic carbocycles. The van der Waals surface area contributed by atoms with Crippen molar-refractivity contribution in [2.45, 2.75) is 38.3 Å². The van der Waals surface area contributed by atoms with Crippen LogP contribution in [0.25, 0.3) is 0 Å². The number of thioether (sulfide) groups is 1. The van der Waals surface area contributed by atoms with Gasteiger partial charge in [-0.05, 0) is 31.4 Å². The van der Waals surface area contributed by atoms with Gasteiger partial charge in [-0.15, -0.1) is 11.8 Å². The first kappa shape index (κ1) is 19.5. The van der Waals surface area contributed by atoms with E-state index in [1.165, 1.54) is 11.8 Å². The molecule has 0 radical (unpaired) electrons. The van der Waals surface area contributed by atoms with Crippen molar-refractivity contribution in [1.82, 2.24) is 15.3 Å². The van der Waals surface area contributed by atoms with E-state index in [1.54, 1.807) is 25.3 Å². The number of amides is 1. The van der Waals surface area contributed by atoms with E-state index in [0.717, 1.165) is 11.4 Å². The van der Waals surface area contributed by atoms with Crippen molar-refractivity contribution in [1.29, 1.82) is 0 Å². The number of nitrogens with zero attached hydrogens (tertiary/aromatic N) is 2. The Labute approximate surface area is 157 Å². The van der Waals surface area contributed by atoms with Crippen LogP contribution in [0.5, 0.6) is 5.75 Å². The van der Waals surface area contributed by atoms with Crippen LogP contribution in [0.4, 0.5) is 0 Å². The highest BCUT2D eigenvalue weighted by Crippen LogP contribution is 2.25. The maximum absolute atomic E-state index is 12.7. The van der Waals surface area contributed by atoms with E-state index in [2.05, 4.69) is 15.3 Å². The summed E-state index contributed by atoms with van der Waals surface area (Å²) in [5.74, 6) is 1.42. The maximum atomic E-state index is 12.7. The SMILES string of the molecule is COc1ccc(Cl)cc1CNC(=O)c1c(C)nc(C(C)C)nc1SC. The van der Waals surface area contributed by atoms with Crippen LogP contribution < -0.4 is 10.1 Å². The van der Waals surface area contributed by atoms with Crippen molar-refractivity contribution in [3.05, 3.63) is 45.9 Å². The molecule has 0 saturated carbocycles. The normalized spacial score (nSPS) is 10.8. The molecule has 1 amide bonds. The number of aryl methyl sites for hydroxylation is 1. The number of ether oxygens (including phenoxy) is 1. The van der Waals surface area contributed by atoms with E-state index >= 15 is 0 Å². The molecule has 0 aliphatic rings. The van der Waals surface area contributed by atoms with Gasteiger partial charge in [0.05, 0.1) is 18.4 Å². The van der Waals surface area contributed by atoms with Crippen LogP contribution in [0.1, 0.15) is 47.2 Å². The fourth-order valence-corrected chi connectivity index (χ4v) is 3.21.